The van der Waals surface area contributed by atoms with E-state index in [0.717, 1.165) is 28.7 Å². The van der Waals surface area contributed by atoms with E-state index >= 15 is 0 Å². The van der Waals surface area contributed by atoms with Crippen molar-refractivity contribution >= 4 is 26.8 Å². The van der Waals surface area contributed by atoms with Crippen LogP contribution in [0.1, 0.15) is 18.3 Å². The second-order valence-corrected chi connectivity index (χ2v) is 8.30. The summed E-state index contributed by atoms with van der Waals surface area (Å²) in [6.07, 6.45) is 1.74. The molecule has 0 fully saturated rings. The minimum Gasteiger partial charge on any atom is -0.355 e. The van der Waals surface area contributed by atoms with Crippen LogP contribution in [0.3, 0.4) is 0 Å². The molecule has 1 aromatic carbocycles. The molecule has 2 rings (SSSR count). The van der Waals surface area contributed by atoms with E-state index in [4.69, 9.17) is 0 Å². The molecule has 7 heteroatoms. The van der Waals surface area contributed by atoms with Gasteiger partial charge in [0.1, 0.15) is 15.7 Å². The predicted octanol–water partition coefficient (Wildman–Crippen LogP) is 1.22. The standard InChI is InChI=1S/C16H23N3O3S/c1-11-5-6-14-13(9-11)18-15(19(14)3)7-8-17-16(20)12(2)10-23(4,21)22/h5-6,9,12H,7-8,10H2,1-4H3,(H,17,20)/t12-/m0/s1. The first-order valence-corrected chi connectivity index (χ1v) is 9.61. The first-order chi connectivity index (χ1) is 10.7. The van der Waals surface area contributed by atoms with E-state index in [1.165, 1.54) is 0 Å². The monoisotopic (exact) mass is 337 g/mol. The van der Waals surface area contributed by atoms with Crippen molar-refractivity contribution in [1.82, 2.24) is 14.9 Å². The van der Waals surface area contributed by atoms with Gasteiger partial charge in [-0.1, -0.05) is 13.0 Å². The molecule has 0 unspecified atom stereocenters. The minimum absolute atomic E-state index is 0.135. The van der Waals surface area contributed by atoms with Crippen molar-refractivity contribution in [3.05, 3.63) is 29.6 Å². The van der Waals surface area contributed by atoms with E-state index in [9.17, 15) is 13.2 Å². The smallest absolute Gasteiger partial charge is 0.223 e. The van der Waals surface area contributed by atoms with Crippen LogP contribution in [-0.2, 0) is 28.1 Å². The van der Waals surface area contributed by atoms with E-state index < -0.39 is 15.8 Å². The normalized spacial score (nSPS) is 13.2. The Labute approximate surface area is 136 Å². The fourth-order valence-electron chi connectivity index (χ4n) is 2.58. The Balaban J connectivity index is 1.96. The third-order valence-electron chi connectivity index (χ3n) is 3.78. The Morgan fingerprint density at radius 3 is 2.74 bits per heavy atom. The molecular formula is C16H23N3O3S. The third-order valence-corrected chi connectivity index (χ3v) is 4.88. The van der Waals surface area contributed by atoms with Crippen LogP contribution in [0.25, 0.3) is 11.0 Å². The van der Waals surface area contributed by atoms with Crippen molar-refractivity contribution in [2.75, 3.05) is 18.6 Å². The second-order valence-electron chi connectivity index (χ2n) is 6.11. The van der Waals surface area contributed by atoms with Crippen molar-refractivity contribution in [2.45, 2.75) is 20.3 Å². The molecule has 0 saturated heterocycles. The van der Waals surface area contributed by atoms with Crippen molar-refractivity contribution < 1.29 is 13.2 Å². The van der Waals surface area contributed by atoms with Crippen LogP contribution < -0.4 is 5.32 Å². The molecule has 126 valence electrons. The molecule has 23 heavy (non-hydrogen) atoms. The van der Waals surface area contributed by atoms with Gasteiger partial charge in [-0.3, -0.25) is 4.79 Å². The zero-order chi connectivity index (χ0) is 17.2. The number of nitrogens with one attached hydrogen (secondary N) is 1. The lowest BCUT2D eigenvalue weighted by molar-refractivity contribution is -0.123. The molecule has 2 aromatic rings. The van der Waals surface area contributed by atoms with E-state index in [1.807, 2.05) is 36.7 Å². The van der Waals surface area contributed by atoms with E-state index in [2.05, 4.69) is 10.3 Å². The van der Waals surface area contributed by atoms with Gasteiger partial charge in [-0.25, -0.2) is 13.4 Å². The maximum Gasteiger partial charge on any atom is 0.223 e. The number of imidazole rings is 1. The average molecular weight is 337 g/mol. The number of sulfone groups is 1. The minimum atomic E-state index is -3.15. The second kappa shape index (κ2) is 6.70. The number of rotatable bonds is 6. The van der Waals surface area contributed by atoms with Gasteiger partial charge in [-0.05, 0) is 24.6 Å². The molecular weight excluding hydrogens is 314 g/mol. The summed E-state index contributed by atoms with van der Waals surface area (Å²) in [5.41, 5.74) is 3.16. The first kappa shape index (κ1) is 17.5. The third kappa shape index (κ3) is 4.54. The number of carbonyl (C=O) groups is 1. The van der Waals surface area contributed by atoms with Crippen molar-refractivity contribution in [3.8, 4) is 0 Å². The lowest BCUT2D eigenvalue weighted by Crippen LogP contribution is -2.34. The van der Waals surface area contributed by atoms with E-state index in [-0.39, 0.29) is 11.7 Å². The van der Waals surface area contributed by atoms with Crippen molar-refractivity contribution in [1.29, 1.82) is 0 Å². The fourth-order valence-corrected chi connectivity index (χ4v) is 3.64. The Morgan fingerprint density at radius 1 is 1.39 bits per heavy atom. The summed E-state index contributed by atoms with van der Waals surface area (Å²) in [4.78, 5) is 16.5. The molecule has 1 N–H and O–H groups in total. The number of fused-ring (bicyclic) bond motifs is 1. The van der Waals surface area contributed by atoms with Crippen LogP contribution in [0.5, 0.6) is 0 Å². The van der Waals surface area contributed by atoms with Crippen LogP contribution in [0.2, 0.25) is 0 Å². The number of aromatic nitrogens is 2. The van der Waals surface area contributed by atoms with E-state index in [1.54, 1.807) is 6.92 Å². The van der Waals surface area contributed by atoms with Crippen LogP contribution in [0, 0.1) is 12.8 Å². The van der Waals surface area contributed by atoms with Gasteiger partial charge in [0, 0.05) is 32.2 Å². The lowest BCUT2D eigenvalue weighted by atomic mass is 10.2. The van der Waals surface area contributed by atoms with E-state index in [0.29, 0.717) is 13.0 Å². The quantitative estimate of drug-likeness (QED) is 0.859. The molecule has 0 aliphatic heterocycles. The molecule has 1 heterocycles. The number of hydrogen-bond donors (Lipinski definition) is 1. The van der Waals surface area contributed by atoms with Crippen LogP contribution in [0.4, 0.5) is 0 Å². The summed E-state index contributed by atoms with van der Waals surface area (Å²) in [6.45, 7) is 4.08. The number of hydrogen-bond acceptors (Lipinski definition) is 4. The molecule has 0 aliphatic carbocycles. The Hall–Kier alpha value is -1.89. The molecule has 0 spiro atoms. The molecule has 0 radical (unpaired) electrons. The zero-order valence-electron chi connectivity index (χ0n) is 14.0. The highest BCUT2D eigenvalue weighted by molar-refractivity contribution is 7.90. The molecule has 0 aliphatic rings. The fraction of sp³-hybridized carbons (Fsp3) is 0.500. The molecule has 0 bridgehead atoms. The summed E-state index contributed by atoms with van der Waals surface area (Å²) in [6, 6.07) is 6.11. The van der Waals surface area contributed by atoms with Gasteiger partial charge in [-0.2, -0.15) is 0 Å². The van der Waals surface area contributed by atoms with Gasteiger partial charge in [-0.15, -0.1) is 0 Å². The highest BCUT2D eigenvalue weighted by Crippen LogP contribution is 2.16. The predicted molar refractivity (Wildman–Crippen MR) is 91.0 cm³/mol. The molecule has 1 aromatic heterocycles. The zero-order valence-corrected chi connectivity index (χ0v) is 14.8. The Morgan fingerprint density at radius 2 is 2.09 bits per heavy atom. The summed E-state index contributed by atoms with van der Waals surface area (Å²) in [5, 5.41) is 2.78. The van der Waals surface area contributed by atoms with Gasteiger partial charge in [0.25, 0.3) is 0 Å². The molecule has 6 nitrogen and oxygen atoms in total. The van der Waals surface area contributed by atoms with Crippen LogP contribution in [-0.4, -0.2) is 42.4 Å². The van der Waals surface area contributed by atoms with Crippen LogP contribution in [0.15, 0.2) is 18.2 Å². The lowest BCUT2D eigenvalue weighted by Gasteiger charge is -2.11. The molecule has 1 atom stereocenters. The Kier molecular flexibility index (Phi) is 5.09. The summed E-state index contributed by atoms with van der Waals surface area (Å²) >= 11 is 0. The Bertz CT molecular complexity index is 824. The summed E-state index contributed by atoms with van der Waals surface area (Å²) < 4.78 is 24.5. The van der Waals surface area contributed by atoms with Gasteiger partial charge >= 0.3 is 0 Å². The molecule has 1 amide bonds. The summed E-state index contributed by atoms with van der Waals surface area (Å²) in [5.74, 6) is -0.0375. The number of carbonyl (C=O) groups excluding carboxylic acids is 1. The first-order valence-electron chi connectivity index (χ1n) is 7.55. The number of aryl methyl sites for hydroxylation is 2. The van der Waals surface area contributed by atoms with Gasteiger partial charge in [0.2, 0.25) is 5.91 Å². The topological polar surface area (TPSA) is 81.1 Å². The maximum atomic E-state index is 11.9. The number of amides is 1. The van der Waals surface area contributed by atoms with Gasteiger partial charge < -0.3 is 9.88 Å². The summed E-state index contributed by atoms with van der Waals surface area (Å²) in [7, 11) is -1.20. The van der Waals surface area contributed by atoms with Gasteiger partial charge in [0.15, 0.2) is 0 Å². The highest BCUT2D eigenvalue weighted by Gasteiger charge is 2.18. The largest absolute Gasteiger partial charge is 0.355 e. The SMILES string of the molecule is Cc1ccc2c(c1)nc(CCNC(=O)[C@@H](C)CS(C)(=O)=O)n2C. The van der Waals surface area contributed by atoms with Gasteiger partial charge in [0.05, 0.1) is 16.8 Å². The van der Waals surface area contributed by atoms with Crippen LogP contribution >= 0.6 is 0 Å². The highest BCUT2D eigenvalue weighted by atomic mass is 32.2. The number of nitrogens with zero attached hydrogens (tertiary/aromatic N) is 2. The van der Waals surface area contributed by atoms with Crippen molar-refractivity contribution in [2.24, 2.45) is 13.0 Å². The van der Waals surface area contributed by atoms with Crippen molar-refractivity contribution in [3.63, 3.8) is 0 Å². The number of benzene rings is 1. The average Bonchev–Trinajstić information content (AvgIpc) is 2.73. The maximum absolute atomic E-state index is 11.9. The molecule has 0 saturated carbocycles.